The minimum absolute atomic E-state index is 0.101. The number of ether oxygens (including phenoxy) is 2. The Morgan fingerprint density at radius 3 is 2.58 bits per heavy atom. The van der Waals surface area contributed by atoms with E-state index in [0.29, 0.717) is 17.4 Å². The molecular formula is C18H19BrClNO3. The van der Waals surface area contributed by atoms with Crippen LogP contribution < -0.4 is 14.8 Å². The van der Waals surface area contributed by atoms with Crippen LogP contribution in [0.4, 0.5) is 0 Å². The van der Waals surface area contributed by atoms with E-state index in [4.69, 9.17) is 21.1 Å². The fourth-order valence-electron chi connectivity index (χ4n) is 1.95. The van der Waals surface area contributed by atoms with Crippen LogP contribution in [0.1, 0.15) is 12.5 Å². The predicted molar refractivity (Wildman–Crippen MR) is 98.9 cm³/mol. The molecule has 128 valence electrons. The molecule has 4 nitrogen and oxygen atoms in total. The number of benzene rings is 2. The van der Waals surface area contributed by atoms with Gasteiger partial charge in [0, 0.05) is 4.47 Å². The lowest BCUT2D eigenvalue weighted by Gasteiger charge is -2.15. The minimum atomic E-state index is -0.228. The highest BCUT2D eigenvalue weighted by Gasteiger charge is 2.10. The number of amides is 1. The first-order valence-corrected chi connectivity index (χ1v) is 8.68. The number of rotatable bonds is 7. The molecule has 0 spiro atoms. The Balaban J connectivity index is 1.74. The summed E-state index contributed by atoms with van der Waals surface area (Å²) < 4.78 is 11.9. The summed E-state index contributed by atoms with van der Waals surface area (Å²) >= 11 is 9.36. The van der Waals surface area contributed by atoms with E-state index < -0.39 is 0 Å². The van der Waals surface area contributed by atoms with Gasteiger partial charge in [-0.2, -0.15) is 0 Å². The topological polar surface area (TPSA) is 47.6 Å². The maximum atomic E-state index is 11.9. The molecule has 1 atom stereocenters. The minimum Gasteiger partial charge on any atom is -0.491 e. The molecule has 2 aromatic carbocycles. The molecule has 0 aliphatic rings. The third-order valence-corrected chi connectivity index (χ3v) is 3.97. The third-order valence-electron chi connectivity index (χ3n) is 3.18. The van der Waals surface area contributed by atoms with Crippen molar-refractivity contribution in [3.05, 3.63) is 57.5 Å². The van der Waals surface area contributed by atoms with Gasteiger partial charge in [0.05, 0.1) is 11.1 Å². The lowest BCUT2D eigenvalue weighted by molar-refractivity contribution is -0.123. The first-order chi connectivity index (χ1) is 11.4. The first kappa shape index (κ1) is 18.6. The normalized spacial score (nSPS) is 11.7. The molecule has 0 aliphatic heterocycles. The van der Waals surface area contributed by atoms with Crippen molar-refractivity contribution in [3.63, 3.8) is 0 Å². The zero-order valence-electron chi connectivity index (χ0n) is 13.5. The van der Waals surface area contributed by atoms with Crippen molar-refractivity contribution in [1.82, 2.24) is 5.32 Å². The molecule has 1 N–H and O–H groups in total. The van der Waals surface area contributed by atoms with Crippen LogP contribution in [0, 0.1) is 6.92 Å². The average Bonchev–Trinajstić information content (AvgIpc) is 2.53. The van der Waals surface area contributed by atoms with Crippen LogP contribution in [0.15, 0.2) is 46.9 Å². The van der Waals surface area contributed by atoms with Gasteiger partial charge in [0.25, 0.3) is 5.91 Å². The van der Waals surface area contributed by atoms with E-state index >= 15 is 0 Å². The smallest absolute Gasteiger partial charge is 0.258 e. The summed E-state index contributed by atoms with van der Waals surface area (Å²) in [6, 6.07) is 12.9. The largest absolute Gasteiger partial charge is 0.491 e. The van der Waals surface area contributed by atoms with Crippen molar-refractivity contribution in [1.29, 1.82) is 0 Å². The van der Waals surface area contributed by atoms with Gasteiger partial charge in [0.15, 0.2) is 6.61 Å². The molecule has 2 aromatic rings. The van der Waals surface area contributed by atoms with Gasteiger partial charge in [0.1, 0.15) is 18.1 Å². The highest BCUT2D eigenvalue weighted by atomic mass is 79.9. The highest BCUT2D eigenvalue weighted by molar-refractivity contribution is 9.10. The van der Waals surface area contributed by atoms with E-state index in [9.17, 15) is 4.79 Å². The number of hydrogen-bond acceptors (Lipinski definition) is 3. The van der Waals surface area contributed by atoms with Crippen LogP contribution in [-0.2, 0) is 4.79 Å². The molecule has 0 bridgehead atoms. The summed E-state index contributed by atoms with van der Waals surface area (Å²) in [6.07, 6.45) is 0. The zero-order valence-corrected chi connectivity index (χ0v) is 15.9. The summed E-state index contributed by atoms with van der Waals surface area (Å²) in [5, 5.41) is 3.27. The molecule has 0 radical (unpaired) electrons. The summed E-state index contributed by atoms with van der Waals surface area (Å²) in [5.74, 6) is 1.02. The summed E-state index contributed by atoms with van der Waals surface area (Å²) in [6.45, 7) is 4.17. The van der Waals surface area contributed by atoms with Gasteiger partial charge in [-0.05, 0) is 44.2 Å². The Morgan fingerprint density at radius 1 is 1.21 bits per heavy atom. The van der Waals surface area contributed by atoms with Crippen LogP contribution in [-0.4, -0.2) is 25.2 Å². The van der Waals surface area contributed by atoms with Gasteiger partial charge in [-0.1, -0.05) is 45.2 Å². The monoisotopic (exact) mass is 411 g/mol. The molecule has 0 heterocycles. The van der Waals surface area contributed by atoms with Crippen molar-refractivity contribution in [2.24, 2.45) is 0 Å². The Labute approximate surface area is 155 Å². The fourth-order valence-corrected chi connectivity index (χ4v) is 2.68. The number of carbonyl (C=O) groups is 1. The molecule has 0 aliphatic carbocycles. The third kappa shape index (κ3) is 6.06. The second kappa shape index (κ2) is 8.94. The van der Waals surface area contributed by atoms with E-state index in [1.165, 1.54) is 5.56 Å². The molecule has 0 unspecified atom stereocenters. The number of aryl methyl sites for hydroxylation is 1. The summed E-state index contributed by atoms with van der Waals surface area (Å²) in [5.41, 5.74) is 1.17. The van der Waals surface area contributed by atoms with Gasteiger partial charge in [-0.15, -0.1) is 0 Å². The maximum absolute atomic E-state index is 11.9. The van der Waals surface area contributed by atoms with Crippen molar-refractivity contribution < 1.29 is 14.3 Å². The van der Waals surface area contributed by atoms with Crippen molar-refractivity contribution in [3.8, 4) is 11.5 Å². The lowest BCUT2D eigenvalue weighted by atomic mass is 10.2. The van der Waals surface area contributed by atoms with Crippen molar-refractivity contribution in [2.45, 2.75) is 19.9 Å². The molecule has 6 heteroatoms. The number of carbonyl (C=O) groups excluding carboxylic acids is 1. The van der Waals surface area contributed by atoms with E-state index in [1.807, 2.05) is 38.1 Å². The van der Waals surface area contributed by atoms with Gasteiger partial charge >= 0.3 is 0 Å². The van der Waals surface area contributed by atoms with E-state index in [-0.39, 0.29) is 18.6 Å². The zero-order chi connectivity index (χ0) is 17.5. The summed E-state index contributed by atoms with van der Waals surface area (Å²) in [4.78, 5) is 11.9. The molecular weight excluding hydrogens is 394 g/mol. The predicted octanol–water partition coefficient (Wildman–Crippen LogP) is 4.37. The van der Waals surface area contributed by atoms with Gasteiger partial charge in [-0.25, -0.2) is 0 Å². The lowest BCUT2D eigenvalue weighted by Crippen LogP contribution is -2.39. The Kier molecular flexibility index (Phi) is 6.94. The number of halogens is 2. The van der Waals surface area contributed by atoms with E-state index in [1.54, 1.807) is 18.2 Å². The van der Waals surface area contributed by atoms with Crippen LogP contribution in [0.2, 0.25) is 5.02 Å². The standard InChI is InChI=1S/C18H19BrClNO3/c1-12-3-6-15(7-4-12)23-10-13(2)21-18(22)11-24-17-8-5-14(19)9-16(17)20/h3-9,13H,10-11H2,1-2H3,(H,21,22)/t13-/m0/s1. The Bertz CT molecular complexity index is 691. The molecule has 1 amide bonds. The van der Waals surface area contributed by atoms with E-state index in [2.05, 4.69) is 21.2 Å². The van der Waals surface area contributed by atoms with Crippen LogP contribution >= 0.6 is 27.5 Å². The van der Waals surface area contributed by atoms with Gasteiger partial charge in [-0.3, -0.25) is 4.79 Å². The van der Waals surface area contributed by atoms with Gasteiger partial charge in [0.2, 0.25) is 0 Å². The molecule has 2 rings (SSSR count). The van der Waals surface area contributed by atoms with Crippen molar-refractivity contribution in [2.75, 3.05) is 13.2 Å². The van der Waals surface area contributed by atoms with E-state index in [0.717, 1.165) is 10.2 Å². The molecule has 0 fully saturated rings. The second-order valence-electron chi connectivity index (χ2n) is 5.46. The van der Waals surface area contributed by atoms with Crippen LogP contribution in [0.5, 0.6) is 11.5 Å². The average molecular weight is 413 g/mol. The SMILES string of the molecule is Cc1ccc(OC[C@H](C)NC(=O)COc2ccc(Br)cc2Cl)cc1. The first-order valence-electron chi connectivity index (χ1n) is 7.50. The summed E-state index contributed by atoms with van der Waals surface area (Å²) in [7, 11) is 0. The Hall–Kier alpha value is -1.72. The van der Waals surface area contributed by atoms with Crippen LogP contribution in [0.25, 0.3) is 0 Å². The molecule has 0 saturated carbocycles. The van der Waals surface area contributed by atoms with Crippen molar-refractivity contribution >= 4 is 33.4 Å². The number of hydrogen-bond donors (Lipinski definition) is 1. The number of nitrogens with one attached hydrogen (secondary N) is 1. The maximum Gasteiger partial charge on any atom is 0.258 e. The molecule has 0 aromatic heterocycles. The quantitative estimate of drug-likeness (QED) is 0.734. The van der Waals surface area contributed by atoms with Crippen LogP contribution in [0.3, 0.4) is 0 Å². The highest BCUT2D eigenvalue weighted by Crippen LogP contribution is 2.27. The Morgan fingerprint density at radius 2 is 1.92 bits per heavy atom. The van der Waals surface area contributed by atoms with Gasteiger partial charge < -0.3 is 14.8 Å². The fraction of sp³-hybridized carbons (Fsp3) is 0.278. The molecule has 24 heavy (non-hydrogen) atoms. The molecule has 0 saturated heterocycles. The second-order valence-corrected chi connectivity index (χ2v) is 6.78.